The number of fused-ring (bicyclic) bond motifs is 1. The Kier molecular flexibility index (Phi) is 2.42. The largest absolute Gasteiger partial charge is 0.390 e. The minimum atomic E-state index is -0.278. The maximum Gasteiger partial charge on any atom is 0.131 e. The zero-order chi connectivity index (χ0) is 11.8. The second-order valence-corrected chi connectivity index (χ2v) is 4.65. The molecule has 0 aliphatic heterocycles. The number of thiazole rings is 1. The maximum absolute atomic E-state index is 13.7. The molecule has 1 N–H and O–H groups in total. The summed E-state index contributed by atoms with van der Waals surface area (Å²) in [6.45, 7) is -0.139. The Morgan fingerprint density at radius 1 is 1.35 bits per heavy atom. The second-order valence-electron chi connectivity index (χ2n) is 3.62. The van der Waals surface area contributed by atoms with Crippen LogP contribution in [0.25, 0.3) is 15.3 Å². The van der Waals surface area contributed by atoms with Gasteiger partial charge in [-0.05, 0) is 6.07 Å². The first-order chi connectivity index (χ1) is 8.31. The number of aliphatic hydroxyl groups excluding tert-OH is 1. The summed E-state index contributed by atoms with van der Waals surface area (Å²) < 4.78 is 15.5. The third-order valence-corrected chi connectivity index (χ3v) is 3.80. The number of halogens is 1. The Bertz CT molecular complexity index is 674. The first-order valence-corrected chi connectivity index (χ1v) is 5.92. The van der Waals surface area contributed by atoms with Crippen molar-refractivity contribution in [1.82, 2.24) is 9.38 Å². The van der Waals surface area contributed by atoms with Crippen molar-refractivity contribution in [2.45, 2.75) is 6.61 Å². The summed E-state index contributed by atoms with van der Waals surface area (Å²) in [5.41, 5.74) is 1.19. The Hall–Kier alpha value is -1.72. The molecule has 0 amide bonds. The quantitative estimate of drug-likeness (QED) is 0.757. The standard InChI is InChI=1S/C12H9FN2OS/c13-9-4-2-1-3-8(9)12-10(6-16)15-7-14-5-11(15)17-12/h1-5,7,16H,6H2. The summed E-state index contributed by atoms with van der Waals surface area (Å²) in [5, 5.41) is 9.41. The molecule has 0 saturated carbocycles. The molecule has 0 saturated heterocycles. The fourth-order valence-corrected chi connectivity index (χ4v) is 2.97. The summed E-state index contributed by atoms with van der Waals surface area (Å²) in [5.74, 6) is -0.278. The highest BCUT2D eigenvalue weighted by atomic mass is 32.1. The lowest BCUT2D eigenvalue weighted by molar-refractivity contribution is 0.276. The average molecular weight is 248 g/mol. The molecule has 0 atom stereocenters. The van der Waals surface area contributed by atoms with Crippen LogP contribution in [0.3, 0.4) is 0 Å². The van der Waals surface area contributed by atoms with E-state index in [0.29, 0.717) is 11.3 Å². The second kappa shape index (κ2) is 3.94. The molecule has 86 valence electrons. The van der Waals surface area contributed by atoms with Gasteiger partial charge >= 0.3 is 0 Å². The molecule has 0 bridgehead atoms. The van der Waals surface area contributed by atoms with Gasteiger partial charge in [0, 0.05) is 5.56 Å². The van der Waals surface area contributed by atoms with Gasteiger partial charge in [0.25, 0.3) is 0 Å². The molecule has 2 heterocycles. The summed E-state index contributed by atoms with van der Waals surface area (Å²) in [4.78, 5) is 5.64. The molecule has 0 aliphatic rings. The minimum absolute atomic E-state index is 0.139. The highest BCUT2D eigenvalue weighted by Crippen LogP contribution is 2.34. The van der Waals surface area contributed by atoms with Crippen LogP contribution in [0, 0.1) is 5.82 Å². The molecule has 3 aromatic rings. The fraction of sp³-hybridized carbons (Fsp3) is 0.0833. The summed E-state index contributed by atoms with van der Waals surface area (Å²) in [6, 6.07) is 6.57. The molecule has 0 fully saturated rings. The van der Waals surface area contributed by atoms with Gasteiger partial charge in [-0.1, -0.05) is 18.2 Å². The molecule has 3 nitrogen and oxygen atoms in total. The van der Waals surface area contributed by atoms with E-state index in [1.165, 1.54) is 17.4 Å². The number of benzene rings is 1. The summed E-state index contributed by atoms with van der Waals surface area (Å²) in [7, 11) is 0. The zero-order valence-corrected chi connectivity index (χ0v) is 9.62. The van der Waals surface area contributed by atoms with Gasteiger partial charge in [0.1, 0.15) is 17.0 Å². The van der Waals surface area contributed by atoms with Crippen LogP contribution in [0.15, 0.2) is 36.8 Å². The van der Waals surface area contributed by atoms with Gasteiger partial charge in [0.2, 0.25) is 0 Å². The van der Waals surface area contributed by atoms with E-state index < -0.39 is 0 Å². The Labute approximate surface area is 101 Å². The van der Waals surface area contributed by atoms with Crippen molar-refractivity contribution < 1.29 is 9.50 Å². The van der Waals surface area contributed by atoms with Crippen LogP contribution in [-0.2, 0) is 6.61 Å². The average Bonchev–Trinajstić information content (AvgIpc) is 2.89. The first kappa shape index (κ1) is 10.4. The normalized spacial score (nSPS) is 11.2. The predicted molar refractivity (Wildman–Crippen MR) is 64.4 cm³/mol. The van der Waals surface area contributed by atoms with E-state index in [-0.39, 0.29) is 12.4 Å². The van der Waals surface area contributed by atoms with Crippen LogP contribution in [0.5, 0.6) is 0 Å². The highest BCUT2D eigenvalue weighted by molar-refractivity contribution is 7.20. The van der Waals surface area contributed by atoms with Crippen LogP contribution >= 0.6 is 11.3 Å². The molecule has 0 radical (unpaired) electrons. The number of aliphatic hydroxyl groups is 1. The van der Waals surface area contributed by atoms with Crippen molar-refractivity contribution in [3.05, 3.63) is 48.3 Å². The van der Waals surface area contributed by atoms with Crippen LogP contribution in [0.2, 0.25) is 0 Å². The number of imidazole rings is 1. The van der Waals surface area contributed by atoms with Crippen molar-refractivity contribution in [2.24, 2.45) is 0 Å². The van der Waals surface area contributed by atoms with Gasteiger partial charge in [0.15, 0.2) is 0 Å². The Morgan fingerprint density at radius 3 is 2.94 bits per heavy atom. The van der Waals surface area contributed by atoms with Gasteiger partial charge in [-0.25, -0.2) is 9.37 Å². The van der Waals surface area contributed by atoms with E-state index >= 15 is 0 Å². The molecule has 17 heavy (non-hydrogen) atoms. The monoisotopic (exact) mass is 248 g/mol. The summed E-state index contributed by atoms with van der Waals surface area (Å²) >= 11 is 1.42. The van der Waals surface area contributed by atoms with Crippen LogP contribution in [0.4, 0.5) is 4.39 Å². The van der Waals surface area contributed by atoms with Gasteiger partial charge < -0.3 is 5.11 Å². The van der Waals surface area contributed by atoms with Crippen LogP contribution in [0.1, 0.15) is 5.69 Å². The van der Waals surface area contributed by atoms with Gasteiger partial charge in [-0.3, -0.25) is 4.40 Å². The predicted octanol–water partition coefficient (Wildman–Crippen LogP) is 2.69. The molecule has 2 aromatic heterocycles. The van der Waals surface area contributed by atoms with E-state index in [4.69, 9.17) is 0 Å². The smallest absolute Gasteiger partial charge is 0.131 e. The molecule has 0 unspecified atom stereocenters. The fourth-order valence-electron chi connectivity index (χ4n) is 1.84. The number of nitrogens with zero attached hydrogens (tertiary/aromatic N) is 2. The minimum Gasteiger partial charge on any atom is -0.390 e. The molecule has 0 aliphatic carbocycles. The van der Waals surface area contributed by atoms with Crippen molar-refractivity contribution in [2.75, 3.05) is 0 Å². The molecule has 3 rings (SSSR count). The lowest BCUT2D eigenvalue weighted by Gasteiger charge is -2.02. The molecule has 0 spiro atoms. The lowest BCUT2D eigenvalue weighted by Crippen LogP contribution is -1.93. The third kappa shape index (κ3) is 1.55. The maximum atomic E-state index is 13.7. The van der Waals surface area contributed by atoms with Gasteiger partial charge in [0.05, 0.1) is 23.4 Å². The van der Waals surface area contributed by atoms with Crippen molar-refractivity contribution in [3.63, 3.8) is 0 Å². The van der Waals surface area contributed by atoms with E-state index in [1.54, 1.807) is 35.1 Å². The van der Waals surface area contributed by atoms with Gasteiger partial charge in [-0.2, -0.15) is 0 Å². The third-order valence-electron chi connectivity index (χ3n) is 2.63. The summed E-state index contributed by atoms with van der Waals surface area (Å²) in [6.07, 6.45) is 3.33. The van der Waals surface area contributed by atoms with E-state index in [0.717, 1.165) is 9.71 Å². The number of hydrogen-bond donors (Lipinski definition) is 1. The van der Waals surface area contributed by atoms with Crippen LogP contribution < -0.4 is 0 Å². The zero-order valence-electron chi connectivity index (χ0n) is 8.80. The van der Waals surface area contributed by atoms with Crippen molar-refractivity contribution in [3.8, 4) is 10.4 Å². The number of rotatable bonds is 2. The van der Waals surface area contributed by atoms with Crippen LogP contribution in [-0.4, -0.2) is 14.5 Å². The first-order valence-electron chi connectivity index (χ1n) is 5.10. The van der Waals surface area contributed by atoms with E-state index in [2.05, 4.69) is 4.98 Å². The number of aromatic nitrogens is 2. The lowest BCUT2D eigenvalue weighted by atomic mass is 10.1. The molecule has 5 heteroatoms. The SMILES string of the molecule is OCc1c(-c2ccccc2F)sc2cncn12. The van der Waals surface area contributed by atoms with Crippen molar-refractivity contribution >= 4 is 16.2 Å². The molecular weight excluding hydrogens is 239 g/mol. The Morgan fingerprint density at radius 2 is 2.18 bits per heavy atom. The van der Waals surface area contributed by atoms with E-state index in [1.807, 2.05) is 0 Å². The van der Waals surface area contributed by atoms with Gasteiger partial charge in [-0.15, -0.1) is 11.3 Å². The molecule has 1 aromatic carbocycles. The number of hydrogen-bond acceptors (Lipinski definition) is 3. The Balaban J connectivity index is 2.30. The highest BCUT2D eigenvalue weighted by Gasteiger charge is 2.15. The molecular formula is C12H9FN2OS. The van der Waals surface area contributed by atoms with E-state index in [9.17, 15) is 9.50 Å². The van der Waals surface area contributed by atoms with Crippen molar-refractivity contribution in [1.29, 1.82) is 0 Å². The topological polar surface area (TPSA) is 37.5 Å².